The Balaban J connectivity index is 1.68. The van der Waals surface area contributed by atoms with Crippen LogP contribution in [0.15, 0.2) is 0 Å². The second kappa shape index (κ2) is 6.55. The largest absolute Gasteiger partial charge is 0.392 e. The zero-order valence-corrected chi connectivity index (χ0v) is 14.6. The molecule has 3 nitrogen and oxygen atoms in total. The van der Waals surface area contributed by atoms with Crippen LogP contribution in [0.4, 0.5) is 0 Å². The highest BCUT2D eigenvalue weighted by atomic mass is 16.5. The van der Waals surface area contributed by atoms with Crippen molar-refractivity contribution in [3.8, 4) is 0 Å². The topological polar surface area (TPSA) is 41.5 Å². The fraction of sp³-hybridized carbons (Fsp3) is 1.00. The third-order valence-corrected chi connectivity index (χ3v) is 6.42. The molecule has 3 heteroatoms. The normalized spacial score (nSPS) is 35.6. The van der Waals surface area contributed by atoms with E-state index in [2.05, 4.69) is 39.9 Å². The maximum absolute atomic E-state index is 9.99. The van der Waals surface area contributed by atoms with Gasteiger partial charge in [-0.1, -0.05) is 34.6 Å². The van der Waals surface area contributed by atoms with Crippen LogP contribution >= 0.6 is 0 Å². The molecule has 0 aromatic carbocycles. The Kier molecular flexibility index (Phi) is 5.38. The number of hydrogen-bond donors (Lipinski definition) is 2. The van der Waals surface area contributed by atoms with Gasteiger partial charge in [-0.15, -0.1) is 0 Å². The highest BCUT2D eigenvalue weighted by Crippen LogP contribution is 2.66. The van der Waals surface area contributed by atoms with Gasteiger partial charge in [0.1, 0.15) is 0 Å². The van der Waals surface area contributed by atoms with Crippen molar-refractivity contribution in [2.45, 2.75) is 72.5 Å². The van der Waals surface area contributed by atoms with Crippen molar-refractivity contribution in [3.05, 3.63) is 0 Å². The number of fused-ring (bicyclic) bond motifs is 2. The van der Waals surface area contributed by atoms with Crippen molar-refractivity contribution in [1.29, 1.82) is 0 Å². The Morgan fingerprint density at radius 3 is 2.48 bits per heavy atom. The summed E-state index contributed by atoms with van der Waals surface area (Å²) in [6.45, 7) is 13.9. The number of ether oxygens (including phenoxy) is 1. The van der Waals surface area contributed by atoms with Crippen molar-refractivity contribution in [2.75, 3.05) is 19.7 Å². The van der Waals surface area contributed by atoms with Crippen LogP contribution in [0.1, 0.15) is 60.3 Å². The molecule has 2 bridgehead atoms. The molecule has 0 aromatic heterocycles. The SMILES string of the molecule is CC(C)CNCC(O)CCOC1CC2CCC1(C)C2(C)C. The van der Waals surface area contributed by atoms with E-state index in [0.717, 1.165) is 18.9 Å². The average molecular weight is 297 g/mol. The van der Waals surface area contributed by atoms with Crippen molar-refractivity contribution in [3.63, 3.8) is 0 Å². The first kappa shape index (κ1) is 17.2. The van der Waals surface area contributed by atoms with Crippen LogP contribution < -0.4 is 5.32 Å². The molecular formula is C18H35NO2. The highest BCUT2D eigenvalue weighted by Gasteiger charge is 2.61. The minimum absolute atomic E-state index is 0.289. The van der Waals surface area contributed by atoms with E-state index in [1.807, 2.05) is 0 Å². The molecule has 4 atom stereocenters. The van der Waals surface area contributed by atoms with Crippen LogP contribution in [-0.4, -0.2) is 37.0 Å². The molecule has 21 heavy (non-hydrogen) atoms. The molecule has 0 aromatic rings. The molecular weight excluding hydrogens is 262 g/mol. The van der Waals surface area contributed by atoms with Crippen molar-refractivity contribution < 1.29 is 9.84 Å². The Morgan fingerprint density at radius 2 is 1.95 bits per heavy atom. The first-order valence-electron chi connectivity index (χ1n) is 8.77. The third kappa shape index (κ3) is 3.46. The number of nitrogens with one attached hydrogen (secondary N) is 1. The number of hydrogen-bond acceptors (Lipinski definition) is 3. The van der Waals surface area contributed by atoms with Gasteiger partial charge in [-0.2, -0.15) is 0 Å². The molecule has 0 radical (unpaired) electrons. The molecule has 0 spiro atoms. The maximum Gasteiger partial charge on any atom is 0.0686 e. The Hall–Kier alpha value is -0.120. The van der Waals surface area contributed by atoms with Gasteiger partial charge in [-0.05, 0) is 54.9 Å². The van der Waals surface area contributed by atoms with Crippen LogP contribution in [0.2, 0.25) is 0 Å². The minimum Gasteiger partial charge on any atom is -0.392 e. The molecule has 124 valence electrons. The predicted octanol–water partition coefficient (Wildman–Crippen LogP) is 3.21. The molecule has 2 aliphatic carbocycles. The molecule has 2 aliphatic rings. The first-order chi connectivity index (χ1) is 9.77. The zero-order chi connectivity index (χ0) is 15.7. The van der Waals surface area contributed by atoms with Gasteiger partial charge < -0.3 is 15.2 Å². The third-order valence-electron chi connectivity index (χ3n) is 6.42. The number of rotatable bonds is 8. The van der Waals surface area contributed by atoms with Crippen LogP contribution in [0, 0.1) is 22.7 Å². The zero-order valence-electron chi connectivity index (χ0n) is 14.6. The van der Waals surface area contributed by atoms with E-state index in [4.69, 9.17) is 4.74 Å². The van der Waals surface area contributed by atoms with Gasteiger partial charge in [-0.3, -0.25) is 0 Å². The van der Waals surface area contributed by atoms with E-state index in [1.165, 1.54) is 19.3 Å². The Labute approximate surface area is 130 Å². The van der Waals surface area contributed by atoms with Crippen LogP contribution in [0.25, 0.3) is 0 Å². The summed E-state index contributed by atoms with van der Waals surface area (Å²) in [6, 6.07) is 0. The van der Waals surface area contributed by atoms with Gasteiger partial charge in [0.05, 0.1) is 12.2 Å². The van der Waals surface area contributed by atoms with E-state index in [-0.39, 0.29) is 6.10 Å². The monoisotopic (exact) mass is 297 g/mol. The molecule has 2 saturated carbocycles. The van der Waals surface area contributed by atoms with Crippen LogP contribution in [-0.2, 0) is 4.74 Å². The lowest BCUT2D eigenvalue weighted by atomic mass is 9.70. The average Bonchev–Trinajstić information content (AvgIpc) is 2.71. The molecule has 0 heterocycles. The van der Waals surface area contributed by atoms with E-state index < -0.39 is 0 Å². The second-order valence-corrected chi connectivity index (χ2v) is 8.46. The van der Waals surface area contributed by atoms with Gasteiger partial charge in [0.15, 0.2) is 0 Å². The van der Waals surface area contributed by atoms with E-state index >= 15 is 0 Å². The molecule has 4 unspecified atom stereocenters. The molecule has 0 aliphatic heterocycles. The minimum atomic E-state index is -0.289. The summed E-state index contributed by atoms with van der Waals surface area (Å²) in [7, 11) is 0. The van der Waals surface area contributed by atoms with Crippen LogP contribution in [0.3, 0.4) is 0 Å². The quantitative estimate of drug-likeness (QED) is 0.723. The lowest BCUT2D eigenvalue weighted by molar-refractivity contribution is -0.0546. The number of aliphatic hydroxyl groups is 1. The van der Waals surface area contributed by atoms with Crippen molar-refractivity contribution in [1.82, 2.24) is 5.32 Å². The van der Waals surface area contributed by atoms with E-state index in [0.29, 0.717) is 36.0 Å². The van der Waals surface area contributed by atoms with Gasteiger partial charge >= 0.3 is 0 Å². The van der Waals surface area contributed by atoms with Gasteiger partial charge in [0.25, 0.3) is 0 Å². The first-order valence-corrected chi connectivity index (χ1v) is 8.77. The lowest BCUT2D eigenvalue weighted by Gasteiger charge is -2.39. The number of aliphatic hydroxyl groups excluding tert-OH is 1. The summed E-state index contributed by atoms with van der Waals surface area (Å²) >= 11 is 0. The fourth-order valence-electron chi connectivity index (χ4n) is 4.37. The van der Waals surface area contributed by atoms with Crippen LogP contribution in [0.5, 0.6) is 0 Å². The molecule has 0 saturated heterocycles. The molecule has 2 N–H and O–H groups in total. The summed E-state index contributed by atoms with van der Waals surface area (Å²) in [5, 5.41) is 13.3. The summed E-state index contributed by atoms with van der Waals surface area (Å²) in [5.74, 6) is 1.45. The van der Waals surface area contributed by atoms with Gasteiger partial charge in [-0.25, -0.2) is 0 Å². The smallest absolute Gasteiger partial charge is 0.0686 e. The predicted molar refractivity (Wildman–Crippen MR) is 87.3 cm³/mol. The molecule has 2 rings (SSSR count). The van der Waals surface area contributed by atoms with Gasteiger partial charge in [0, 0.05) is 13.2 Å². The summed E-state index contributed by atoms with van der Waals surface area (Å²) in [5.41, 5.74) is 0.744. The maximum atomic E-state index is 9.99. The standard InChI is InChI=1S/C18H35NO2/c1-13(2)11-19-12-15(20)7-9-21-16-10-14-6-8-18(16,5)17(14,3)4/h13-16,19-20H,6-12H2,1-5H3. The second-order valence-electron chi connectivity index (χ2n) is 8.46. The summed E-state index contributed by atoms with van der Waals surface area (Å²) in [6.07, 6.45) is 4.72. The van der Waals surface area contributed by atoms with Crippen molar-refractivity contribution in [2.24, 2.45) is 22.7 Å². The highest BCUT2D eigenvalue weighted by molar-refractivity contribution is 5.11. The molecule has 0 amide bonds. The molecule has 2 fully saturated rings. The lowest BCUT2D eigenvalue weighted by Crippen LogP contribution is -2.38. The van der Waals surface area contributed by atoms with Gasteiger partial charge in [0.2, 0.25) is 0 Å². The van der Waals surface area contributed by atoms with E-state index in [1.54, 1.807) is 0 Å². The van der Waals surface area contributed by atoms with Crippen molar-refractivity contribution >= 4 is 0 Å². The Morgan fingerprint density at radius 1 is 1.24 bits per heavy atom. The fourth-order valence-corrected chi connectivity index (χ4v) is 4.37. The van der Waals surface area contributed by atoms with E-state index in [9.17, 15) is 5.11 Å². The summed E-state index contributed by atoms with van der Waals surface area (Å²) < 4.78 is 6.19. The Bertz CT molecular complexity index is 342. The summed E-state index contributed by atoms with van der Waals surface area (Å²) in [4.78, 5) is 0.